The van der Waals surface area contributed by atoms with E-state index in [2.05, 4.69) is 27.7 Å². The number of Topliss-reactive ketones (excluding diaryl/α,β-unsaturated/α-hetero) is 2. The van der Waals surface area contributed by atoms with Gasteiger partial charge in [-0.3, -0.25) is 9.59 Å². The van der Waals surface area contributed by atoms with Crippen LogP contribution in [0.25, 0.3) is 0 Å². The molecule has 0 aliphatic carbocycles. The highest BCUT2D eigenvalue weighted by Crippen LogP contribution is 2.07. The Bertz CT molecular complexity index is 219. The number of carbonyl (C=O) groups excluding carboxylic acids is 2. The van der Waals surface area contributed by atoms with E-state index >= 15 is 0 Å². The highest BCUT2D eigenvalue weighted by atomic mass is 16.1. The van der Waals surface area contributed by atoms with E-state index in [1.54, 1.807) is 0 Å². The molecule has 0 aliphatic heterocycles. The monoisotopic (exact) mass is 256 g/mol. The summed E-state index contributed by atoms with van der Waals surface area (Å²) in [5.74, 6) is 2.03. The molecule has 0 N–H and O–H groups in total. The minimum atomic E-state index is 0.392. The summed E-state index contributed by atoms with van der Waals surface area (Å²) in [5, 5.41) is 0. The van der Waals surface area contributed by atoms with Crippen LogP contribution in [0.3, 0.4) is 0 Å². The Morgan fingerprint density at radius 1 is 0.889 bits per heavy atom. The average Bonchev–Trinajstić information content (AvgIpc) is 2.36. The summed E-state index contributed by atoms with van der Waals surface area (Å²) in [4.78, 5) is 21.5. The van der Waals surface area contributed by atoms with Gasteiger partial charge >= 0.3 is 0 Å². The van der Waals surface area contributed by atoms with E-state index < -0.39 is 0 Å². The van der Waals surface area contributed by atoms with Crippen LogP contribution in [0.4, 0.5) is 0 Å². The summed E-state index contributed by atoms with van der Waals surface area (Å²) in [5.41, 5.74) is 0. The Kier molecular flexibility index (Phi) is 14.0. The van der Waals surface area contributed by atoms with Crippen molar-refractivity contribution in [3.63, 3.8) is 0 Å². The van der Waals surface area contributed by atoms with Crippen LogP contribution in [0.5, 0.6) is 0 Å². The fourth-order valence-electron chi connectivity index (χ4n) is 1.30. The molecule has 0 spiro atoms. The minimum Gasteiger partial charge on any atom is -0.300 e. The molecule has 0 radical (unpaired) electrons. The van der Waals surface area contributed by atoms with E-state index in [-0.39, 0.29) is 0 Å². The molecule has 2 heteroatoms. The SMILES string of the molecule is CCC(=O)CC(C)CC.CCC(=O)CCC(C)C. The molecular weight excluding hydrogens is 224 g/mol. The summed E-state index contributed by atoms with van der Waals surface area (Å²) in [7, 11) is 0. The number of hydrogen-bond donors (Lipinski definition) is 0. The lowest BCUT2D eigenvalue weighted by atomic mass is 10.0. The molecule has 18 heavy (non-hydrogen) atoms. The first-order valence-electron chi connectivity index (χ1n) is 7.40. The van der Waals surface area contributed by atoms with Crippen molar-refractivity contribution in [3.05, 3.63) is 0 Å². The van der Waals surface area contributed by atoms with Crippen molar-refractivity contribution in [3.8, 4) is 0 Å². The molecule has 0 saturated heterocycles. The van der Waals surface area contributed by atoms with Crippen LogP contribution in [0.1, 0.15) is 80.1 Å². The first kappa shape index (κ1) is 19.7. The van der Waals surface area contributed by atoms with E-state index in [0.29, 0.717) is 36.2 Å². The summed E-state index contributed by atoms with van der Waals surface area (Å²) in [6.45, 7) is 12.4. The quantitative estimate of drug-likeness (QED) is 0.625. The van der Waals surface area contributed by atoms with Gasteiger partial charge in [0.2, 0.25) is 0 Å². The number of ketones is 2. The third-order valence-corrected chi connectivity index (χ3v) is 3.06. The Labute approximate surface area is 114 Å². The Morgan fingerprint density at radius 2 is 1.39 bits per heavy atom. The van der Waals surface area contributed by atoms with Gasteiger partial charge in [-0.2, -0.15) is 0 Å². The summed E-state index contributed by atoms with van der Waals surface area (Å²) in [6, 6.07) is 0. The predicted molar refractivity (Wildman–Crippen MR) is 78.7 cm³/mol. The maximum atomic E-state index is 10.8. The van der Waals surface area contributed by atoms with Crippen LogP contribution in [0, 0.1) is 11.8 Å². The van der Waals surface area contributed by atoms with Crippen LogP contribution in [0.2, 0.25) is 0 Å². The van der Waals surface area contributed by atoms with Gasteiger partial charge < -0.3 is 0 Å². The summed E-state index contributed by atoms with van der Waals surface area (Å²) >= 11 is 0. The van der Waals surface area contributed by atoms with Crippen LogP contribution in [-0.2, 0) is 9.59 Å². The first-order chi connectivity index (χ1) is 8.37. The molecule has 0 amide bonds. The standard InChI is InChI=1S/2C8H16O/c1-4-8(9)6-5-7(2)3;1-4-7(3)6-8(9)5-2/h2*7H,4-6H2,1-3H3. The van der Waals surface area contributed by atoms with Crippen molar-refractivity contribution in [2.24, 2.45) is 11.8 Å². The van der Waals surface area contributed by atoms with E-state index in [0.717, 1.165) is 25.7 Å². The van der Waals surface area contributed by atoms with Crippen molar-refractivity contribution < 1.29 is 9.59 Å². The maximum absolute atomic E-state index is 10.8. The van der Waals surface area contributed by atoms with Gasteiger partial charge in [0.1, 0.15) is 11.6 Å². The van der Waals surface area contributed by atoms with Crippen molar-refractivity contribution in [1.29, 1.82) is 0 Å². The number of rotatable bonds is 8. The molecule has 0 aromatic heterocycles. The molecule has 0 bridgehead atoms. The molecule has 0 aromatic carbocycles. The third-order valence-electron chi connectivity index (χ3n) is 3.06. The van der Waals surface area contributed by atoms with Gasteiger partial charge in [-0.1, -0.05) is 48.0 Å². The fraction of sp³-hybridized carbons (Fsp3) is 0.875. The van der Waals surface area contributed by atoms with Gasteiger partial charge in [0.15, 0.2) is 0 Å². The summed E-state index contributed by atoms with van der Waals surface area (Å²) < 4.78 is 0. The Morgan fingerprint density at radius 3 is 1.72 bits per heavy atom. The molecular formula is C16H32O2. The zero-order chi connectivity index (χ0) is 14.6. The van der Waals surface area contributed by atoms with Gasteiger partial charge in [-0.25, -0.2) is 0 Å². The van der Waals surface area contributed by atoms with E-state index in [1.165, 1.54) is 0 Å². The van der Waals surface area contributed by atoms with Crippen molar-refractivity contribution in [2.45, 2.75) is 80.1 Å². The molecule has 0 aliphatic rings. The normalized spacial score (nSPS) is 11.7. The van der Waals surface area contributed by atoms with Gasteiger partial charge in [0, 0.05) is 25.7 Å². The maximum Gasteiger partial charge on any atom is 0.132 e. The first-order valence-corrected chi connectivity index (χ1v) is 7.40. The predicted octanol–water partition coefficient (Wildman–Crippen LogP) is 4.80. The number of carbonyl (C=O) groups is 2. The molecule has 0 saturated carbocycles. The second-order valence-corrected chi connectivity index (χ2v) is 5.43. The smallest absolute Gasteiger partial charge is 0.132 e. The van der Waals surface area contributed by atoms with Crippen molar-refractivity contribution >= 4 is 11.6 Å². The van der Waals surface area contributed by atoms with Gasteiger partial charge in [-0.05, 0) is 18.3 Å². The van der Waals surface area contributed by atoms with Gasteiger partial charge in [0.05, 0.1) is 0 Å². The van der Waals surface area contributed by atoms with E-state index in [1.807, 2.05) is 13.8 Å². The Balaban J connectivity index is 0. The van der Waals surface area contributed by atoms with E-state index in [9.17, 15) is 9.59 Å². The van der Waals surface area contributed by atoms with Crippen LogP contribution >= 0.6 is 0 Å². The largest absolute Gasteiger partial charge is 0.300 e. The molecule has 1 unspecified atom stereocenters. The second-order valence-electron chi connectivity index (χ2n) is 5.43. The van der Waals surface area contributed by atoms with Crippen molar-refractivity contribution in [1.82, 2.24) is 0 Å². The number of hydrogen-bond acceptors (Lipinski definition) is 2. The fourth-order valence-corrected chi connectivity index (χ4v) is 1.30. The van der Waals surface area contributed by atoms with Crippen LogP contribution < -0.4 is 0 Å². The zero-order valence-electron chi connectivity index (χ0n) is 13.2. The van der Waals surface area contributed by atoms with Crippen LogP contribution in [-0.4, -0.2) is 11.6 Å². The second kappa shape index (κ2) is 12.8. The molecule has 0 fully saturated rings. The highest BCUT2D eigenvalue weighted by molar-refractivity contribution is 5.78. The zero-order valence-corrected chi connectivity index (χ0v) is 13.2. The highest BCUT2D eigenvalue weighted by Gasteiger charge is 2.03. The lowest BCUT2D eigenvalue weighted by Crippen LogP contribution is -2.02. The van der Waals surface area contributed by atoms with Crippen LogP contribution in [0.15, 0.2) is 0 Å². The average molecular weight is 256 g/mol. The lowest BCUT2D eigenvalue weighted by molar-refractivity contribution is -0.120. The minimum absolute atomic E-state index is 0.392. The molecule has 0 heterocycles. The summed E-state index contributed by atoms with van der Waals surface area (Å²) in [6.07, 6.45) is 5.11. The van der Waals surface area contributed by atoms with Gasteiger partial charge in [-0.15, -0.1) is 0 Å². The molecule has 1 atom stereocenters. The molecule has 108 valence electrons. The topological polar surface area (TPSA) is 34.1 Å². The van der Waals surface area contributed by atoms with Gasteiger partial charge in [0.25, 0.3) is 0 Å². The lowest BCUT2D eigenvalue weighted by Gasteiger charge is -2.03. The van der Waals surface area contributed by atoms with E-state index in [4.69, 9.17) is 0 Å². The molecule has 0 aromatic rings. The Hall–Kier alpha value is -0.660. The molecule has 0 rings (SSSR count). The van der Waals surface area contributed by atoms with Crippen molar-refractivity contribution in [2.75, 3.05) is 0 Å². The molecule has 2 nitrogen and oxygen atoms in total. The third kappa shape index (κ3) is 15.3.